The van der Waals surface area contributed by atoms with Gasteiger partial charge in [0.25, 0.3) is 11.5 Å². The minimum atomic E-state index is -0.312. The minimum Gasteiger partial charge on any atom is -0.493 e. The van der Waals surface area contributed by atoms with Crippen molar-refractivity contribution in [2.75, 3.05) is 20.8 Å². The third-order valence-corrected chi connectivity index (χ3v) is 6.77. The van der Waals surface area contributed by atoms with E-state index in [1.807, 2.05) is 34.5 Å². The summed E-state index contributed by atoms with van der Waals surface area (Å²) in [6, 6.07) is 14.7. The predicted molar refractivity (Wildman–Crippen MR) is 123 cm³/mol. The summed E-state index contributed by atoms with van der Waals surface area (Å²) in [4.78, 5) is 28.9. The molecule has 0 saturated carbocycles. The van der Waals surface area contributed by atoms with Gasteiger partial charge < -0.3 is 14.4 Å². The van der Waals surface area contributed by atoms with Crippen molar-refractivity contribution < 1.29 is 14.3 Å². The number of nitrogens with one attached hydrogen (secondary N) is 1. The zero-order chi connectivity index (χ0) is 22.2. The standard InChI is InChI=1S/C24H21N3O4S/c1-30-18-12-14-9-10-27(22(20-8-5-11-32-20)17(14)13-19(18)31-2)24(29)21-15-6-3-4-7-16(15)23(28)26-25-21/h3-8,11-13,22H,9-10H2,1-2H3,(H,26,28). The zero-order valence-corrected chi connectivity index (χ0v) is 18.4. The number of rotatable bonds is 4. The number of nitrogens with zero attached hydrogens (tertiary/aromatic N) is 2. The van der Waals surface area contributed by atoms with Crippen molar-refractivity contribution in [3.05, 3.63) is 86.0 Å². The molecule has 1 N–H and O–H groups in total. The van der Waals surface area contributed by atoms with Gasteiger partial charge in [0.1, 0.15) is 0 Å². The number of carbonyl (C=O) groups excluding carboxylic acids is 1. The first-order valence-corrected chi connectivity index (χ1v) is 11.1. The maximum Gasteiger partial charge on any atom is 0.275 e. The summed E-state index contributed by atoms with van der Waals surface area (Å²) in [5.74, 6) is 1.07. The van der Waals surface area contributed by atoms with Gasteiger partial charge in [0.05, 0.1) is 25.6 Å². The topological polar surface area (TPSA) is 84.5 Å². The van der Waals surface area contributed by atoms with Crippen molar-refractivity contribution in [3.8, 4) is 11.5 Å². The van der Waals surface area contributed by atoms with Gasteiger partial charge in [-0.15, -0.1) is 11.3 Å². The monoisotopic (exact) mass is 447 g/mol. The number of methoxy groups -OCH3 is 2. The molecule has 2 aromatic heterocycles. The molecule has 8 heteroatoms. The number of thiophene rings is 1. The highest BCUT2D eigenvalue weighted by molar-refractivity contribution is 7.10. The minimum absolute atomic E-state index is 0.226. The van der Waals surface area contributed by atoms with E-state index in [4.69, 9.17) is 9.47 Å². The molecule has 0 spiro atoms. The SMILES string of the molecule is COc1cc2c(cc1OC)C(c1cccs1)N(C(=O)c1n[nH]c(=O)c3ccccc13)CC2. The lowest BCUT2D eigenvalue weighted by Crippen LogP contribution is -2.41. The summed E-state index contributed by atoms with van der Waals surface area (Å²) in [5.41, 5.74) is 2.04. The maximum absolute atomic E-state index is 13.8. The molecular weight excluding hydrogens is 426 g/mol. The lowest BCUT2D eigenvalue weighted by atomic mass is 9.90. The molecule has 32 heavy (non-hydrogen) atoms. The summed E-state index contributed by atoms with van der Waals surface area (Å²) in [6.45, 7) is 0.513. The van der Waals surface area contributed by atoms with E-state index in [2.05, 4.69) is 10.2 Å². The third kappa shape index (κ3) is 3.23. The predicted octanol–water partition coefficient (Wildman–Crippen LogP) is 3.79. The molecule has 7 nitrogen and oxygen atoms in total. The Hall–Kier alpha value is -3.65. The molecule has 0 saturated heterocycles. The highest BCUT2D eigenvalue weighted by Crippen LogP contribution is 2.42. The Morgan fingerprint density at radius 2 is 1.84 bits per heavy atom. The van der Waals surface area contributed by atoms with E-state index in [1.54, 1.807) is 49.8 Å². The molecule has 3 heterocycles. The van der Waals surface area contributed by atoms with Crippen molar-refractivity contribution in [3.63, 3.8) is 0 Å². The van der Waals surface area contributed by atoms with E-state index in [9.17, 15) is 9.59 Å². The number of hydrogen-bond acceptors (Lipinski definition) is 6. The van der Waals surface area contributed by atoms with Gasteiger partial charge in [-0.1, -0.05) is 24.3 Å². The van der Waals surface area contributed by atoms with Gasteiger partial charge in [-0.3, -0.25) is 9.59 Å². The lowest BCUT2D eigenvalue weighted by Gasteiger charge is -2.37. The number of H-pyrrole nitrogens is 1. The molecule has 0 radical (unpaired) electrons. The van der Waals surface area contributed by atoms with E-state index >= 15 is 0 Å². The average Bonchev–Trinajstić information content (AvgIpc) is 3.37. The Morgan fingerprint density at radius 1 is 1.09 bits per heavy atom. The van der Waals surface area contributed by atoms with E-state index in [0.29, 0.717) is 35.2 Å². The molecule has 0 fully saturated rings. The second-order valence-electron chi connectivity index (χ2n) is 7.52. The lowest BCUT2D eigenvalue weighted by molar-refractivity contribution is 0.0692. The second kappa shape index (κ2) is 8.12. The van der Waals surface area contributed by atoms with E-state index < -0.39 is 0 Å². The number of hydrogen-bond donors (Lipinski definition) is 1. The zero-order valence-electron chi connectivity index (χ0n) is 17.6. The summed E-state index contributed by atoms with van der Waals surface area (Å²) in [5, 5.41) is 9.62. The largest absolute Gasteiger partial charge is 0.493 e. The Balaban J connectivity index is 1.66. The van der Waals surface area contributed by atoms with Gasteiger partial charge in [0.2, 0.25) is 0 Å². The Morgan fingerprint density at radius 3 is 2.56 bits per heavy atom. The van der Waals surface area contributed by atoms with Crippen molar-refractivity contribution in [2.24, 2.45) is 0 Å². The van der Waals surface area contributed by atoms with Gasteiger partial charge in [-0.2, -0.15) is 5.10 Å². The first-order valence-electron chi connectivity index (χ1n) is 10.2. The number of aromatic nitrogens is 2. The van der Waals surface area contributed by atoms with Crippen molar-refractivity contribution in [2.45, 2.75) is 12.5 Å². The van der Waals surface area contributed by atoms with Crippen molar-refractivity contribution in [1.29, 1.82) is 0 Å². The molecule has 0 aliphatic carbocycles. The molecule has 1 amide bonds. The van der Waals surface area contributed by atoms with Crippen LogP contribution in [-0.4, -0.2) is 41.8 Å². The van der Waals surface area contributed by atoms with Crippen LogP contribution in [0.2, 0.25) is 0 Å². The normalized spacial score (nSPS) is 15.4. The van der Waals surface area contributed by atoms with Crippen LogP contribution in [0.1, 0.15) is 32.5 Å². The van der Waals surface area contributed by atoms with Crippen LogP contribution in [0.4, 0.5) is 0 Å². The van der Waals surface area contributed by atoms with Crippen LogP contribution in [0.5, 0.6) is 11.5 Å². The number of amides is 1. The number of aromatic amines is 1. The van der Waals surface area contributed by atoms with E-state index in [-0.39, 0.29) is 23.2 Å². The summed E-state index contributed by atoms with van der Waals surface area (Å²) in [7, 11) is 3.22. The molecule has 0 bridgehead atoms. The summed E-state index contributed by atoms with van der Waals surface area (Å²) >= 11 is 1.59. The van der Waals surface area contributed by atoms with Crippen LogP contribution in [0.3, 0.4) is 0 Å². The van der Waals surface area contributed by atoms with Gasteiger partial charge >= 0.3 is 0 Å². The third-order valence-electron chi connectivity index (χ3n) is 5.85. The number of ether oxygens (including phenoxy) is 2. The molecule has 1 aliphatic rings. The molecule has 5 rings (SSSR count). The van der Waals surface area contributed by atoms with Gasteiger partial charge in [-0.25, -0.2) is 5.10 Å². The van der Waals surface area contributed by atoms with Crippen LogP contribution < -0.4 is 15.0 Å². The van der Waals surface area contributed by atoms with E-state index in [0.717, 1.165) is 16.0 Å². The highest BCUT2D eigenvalue weighted by Gasteiger charge is 2.35. The molecule has 2 aromatic carbocycles. The van der Waals surface area contributed by atoms with Crippen LogP contribution in [0.25, 0.3) is 10.8 Å². The van der Waals surface area contributed by atoms with Crippen molar-refractivity contribution in [1.82, 2.24) is 15.1 Å². The van der Waals surface area contributed by atoms with Gasteiger partial charge in [0, 0.05) is 16.8 Å². The molecule has 1 atom stereocenters. The van der Waals surface area contributed by atoms with Crippen LogP contribution in [-0.2, 0) is 6.42 Å². The van der Waals surface area contributed by atoms with Crippen LogP contribution in [0, 0.1) is 0 Å². The average molecular weight is 448 g/mol. The molecule has 162 valence electrons. The number of benzene rings is 2. The Kier molecular flexibility index (Phi) is 5.14. The molecule has 4 aromatic rings. The first-order chi connectivity index (χ1) is 15.6. The fourth-order valence-corrected chi connectivity index (χ4v) is 5.19. The highest BCUT2D eigenvalue weighted by atomic mass is 32.1. The molecular formula is C24H21N3O4S. The van der Waals surface area contributed by atoms with E-state index in [1.165, 1.54) is 0 Å². The smallest absolute Gasteiger partial charge is 0.275 e. The maximum atomic E-state index is 13.8. The van der Waals surface area contributed by atoms with Crippen LogP contribution in [0.15, 0.2) is 58.7 Å². The molecule has 1 unspecified atom stereocenters. The number of carbonyl (C=O) groups is 1. The summed E-state index contributed by atoms with van der Waals surface area (Å²) < 4.78 is 11.0. The molecule has 1 aliphatic heterocycles. The Bertz CT molecular complexity index is 1360. The summed E-state index contributed by atoms with van der Waals surface area (Å²) in [6.07, 6.45) is 0.671. The first kappa shape index (κ1) is 20.3. The quantitative estimate of drug-likeness (QED) is 0.515. The number of fused-ring (bicyclic) bond motifs is 2. The van der Waals surface area contributed by atoms with Crippen LogP contribution >= 0.6 is 11.3 Å². The fourth-order valence-electron chi connectivity index (χ4n) is 4.33. The Labute approximate surface area is 188 Å². The fraction of sp³-hybridized carbons (Fsp3) is 0.208. The van der Waals surface area contributed by atoms with Gasteiger partial charge in [-0.05, 0) is 47.2 Å². The second-order valence-corrected chi connectivity index (χ2v) is 8.50. The van der Waals surface area contributed by atoms with Gasteiger partial charge in [0.15, 0.2) is 17.2 Å². The van der Waals surface area contributed by atoms with Crippen molar-refractivity contribution >= 4 is 28.0 Å².